The Kier molecular flexibility index (Phi) is 4.71. The van der Waals surface area contributed by atoms with Crippen LogP contribution in [0.25, 0.3) is 16.5 Å². The molecule has 0 spiro atoms. The molecule has 1 amide bonds. The fourth-order valence-electron chi connectivity index (χ4n) is 2.64. The molecule has 4 heteroatoms. The molecule has 1 saturated heterocycles. The summed E-state index contributed by atoms with van der Waals surface area (Å²) >= 11 is 1.68. The fraction of sp³-hybridized carbons (Fsp3) is 0.278. The highest BCUT2D eigenvalue weighted by atomic mass is 32.1. The summed E-state index contributed by atoms with van der Waals surface area (Å²) in [6, 6.07) is 14.4. The van der Waals surface area contributed by atoms with Crippen molar-refractivity contribution in [2.24, 2.45) is 5.92 Å². The molecule has 1 fully saturated rings. The van der Waals surface area contributed by atoms with Crippen molar-refractivity contribution in [3.63, 3.8) is 0 Å². The zero-order valence-corrected chi connectivity index (χ0v) is 13.1. The van der Waals surface area contributed by atoms with Gasteiger partial charge in [-0.2, -0.15) is 0 Å². The van der Waals surface area contributed by atoms with Gasteiger partial charge in [-0.3, -0.25) is 4.79 Å². The van der Waals surface area contributed by atoms with E-state index >= 15 is 0 Å². The van der Waals surface area contributed by atoms with E-state index in [1.807, 2.05) is 35.2 Å². The van der Waals surface area contributed by atoms with Gasteiger partial charge in [0.25, 0.3) is 0 Å². The molecule has 0 bridgehead atoms. The average molecular weight is 313 g/mol. The lowest BCUT2D eigenvalue weighted by molar-refractivity contribution is -0.125. The number of carbonyl (C=O) groups is 1. The molecule has 1 aromatic heterocycles. The third kappa shape index (κ3) is 3.46. The number of hydrogen-bond donors (Lipinski definition) is 1. The lowest BCUT2D eigenvalue weighted by Gasteiger charge is -2.13. The van der Waals surface area contributed by atoms with Gasteiger partial charge in [0.05, 0.1) is 0 Å². The largest absolute Gasteiger partial charge is 0.396 e. The van der Waals surface area contributed by atoms with E-state index in [-0.39, 0.29) is 18.4 Å². The van der Waals surface area contributed by atoms with E-state index in [1.54, 1.807) is 17.4 Å². The van der Waals surface area contributed by atoms with Crippen LogP contribution >= 0.6 is 11.3 Å². The monoisotopic (exact) mass is 313 g/mol. The molecule has 114 valence electrons. The van der Waals surface area contributed by atoms with Crippen LogP contribution in [-0.4, -0.2) is 35.6 Å². The SMILES string of the molecule is O=C(/C=C/c1ccc(-c2ccccc2)s1)N1CCC(CO)C1. The number of rotatable bonds is 4. The van der Waals surface area contributed by atoms with Crippen molar-refractivity contribution in [3.05, 3.63) is 53.4 Å². The molecule has 3 rings (SSSR count). The van der Waals surface area contributed by atoms with E-state index < -0.39 is 0 Å². The second kappa shape index (κ2) is 6.90. The van der Waals surface area contributed by atoms with Crippen molar-refractivity contribution in [2.75, 3.05) is 19.7 Å². The maximum Gasteiger partial charge on any atom is 0.246 e. The number of aliphatic hydroxyl groups is 1. The zero-order chi connectivity index (χ0) is 15.4. The first-order valence-corrected chi connectivity index (χ1v) is 8.31. The van der Waals surface area contributed by atoms with E-state index in [2.05, 4.69) is 18.2 Å². The summed E-state index contributed by atoms with van der Waals surface area (Å²) in [5.74, 6) is 0.273. The maximum absolute atomic E-state index is 12.1. The molecule has 1 aromatic carbocycles. The van der Waals surface area contributed by atoms with Gasteiger partial charge in [-0.25, -0.2) is 0 Å². The third-order valence-corrected chi connectivity index (χ3v) is 5.03. The molecule has 0 aliphatic carbocycles. The summed E-state index contributed by atoms with van der Waals surface area (Å²) in [6.45, 7) is 1.58. The Bertz CT molecular complexity index is 663. The minimum absolute atomic E-state index is 0.0330. The molecule has 3 nitrogen and oxygen atoms in total. The third-order valence-electron chi connectivity index (χ3n) is 3.93. The van der Waals surface area contributed by atoms with Crippen molar-refractivity contribution in [1.29, 1.82) is 0 Å². The molecule has 1 atom stereocenters. The molecule has 2 aromatic rings. The van der Waals surface area contributed by atoms with Crippen molar-refractivity contribution in [3.8, 4) is 10.4 Å². The second-order valence-corrected chi connectivity index (χ2v) is 6.64. The van der Waals surface area contributed by atoms with Crippen molar-refractivity contribution >= 4 is 23.3 Å². The van der Waals surface area contributed by atoms with Gasteiger partial charge in [0.2, 0.25) is 5.91 Å². The van der Waals surface area contributed by atoms with Gasteiger partial charge in [-0.15, -0.1) is 11.3 Å². The number of amides is 1. The number of hydrogen-bond acceptors (Lipinski definition) is 3. The summed E-state index contributed by atoms with van der Waals surface area (Å²) in [5.41, 5.74) is 1.20. The summed E-state index contributed by atoms with van der Waals surface area (Å²) in [4.78, 5) is 16.2. The predicted molar refractivity (Wildman–Crippen MR) is 90.6 cm³/mol. The van der Waals surface area contributed by atoms with E-state index in [0.717, 1.165) is 17.8 Å². The van der Waals surface area contributed by atoms with E-state index in [1.165, 1.54) is 10.4 Å². The van der Waals surface area contributed by atoms with Crippen LogP contribution in [0.2, 0.25) is 0 Å². The standard InChI is InChI=1S/C18H19NO2S/c20-13-14-10-11-19(12-14)18(21)9-7-16-6-8-17(22-16)15-4-2-1-3-5-15/h1-9,14,20H,10-13H2/b9-7+. The van der Waals surface area contributed by atoms with Crippen LogP contribution in [0, 0.1) is 5.92 Å². The van der Waals surface area contributed by atoms with Crippen LogP contribution in [0.3, 0.4) is 0 Å². The van der Waals surface area contributed by atoms with Crippen LogP contribution in [0.15, 0.2) is 48.5 Å². The van der Waals surface area contributed by atoms with Gasteiger partial charge in [-0.05, 0) is 30.2 Å². The zero-order valence-electron chi connectivity index (χ0n) is 12.3. The Morgan fingerprint density at radius 2 is 2.09 bits per heavy atom. The molecule has 0 radical (unpaired) electrons. The lowest BCUT2D eigenvalue weighted by Crippen LogP contribution is -2.27. The van der Waals surface area contributed by atoms with Gasteiger partial charge in [0.1, 0.15) is 0 Å². The van der Waals surface area contributed by atoms with E-state index in [4.69, 9.17) is 5.11 Å². The molecule has 22 heavy (non-hydrogen) atoms. The Morgan fingerprint density at radius 1 is 1.27 bits per heavy atom. The average Bonchev–Trinajstić information content (AvgIpc) is 3.22. The molecule has 1 aliphatic heterocycles. The first kappa shape index (κ1) is 15.0. The van der Waals surface area contributed by atoms with Crippen LogP contribution in [0.1, 0.15) is 11.3 Å². The maximum atomic E-state index is 12.1. The molecule has 0 saturated carbocycles. The van der Waals surface area contributed by atoms with Crippen LogP contribution in [0.4, 0.5) is 0 Å². The summed E-state index contributed by atoms with van der Waals surface area (Å²) in [7, 11) is 0. The smallest absolute Gasteiger partial charge is 0.246 e. The Hall–Kier alpha value is -1.91. The second-order valence-electron chi connectivity index (χ2n) is 5.52. The molecule has 1 aliphatic rings. The molecule has 1 unspecified atom stereocenters. The fourth-order valence-corrected chi connectivity index (χ4v) is 3.56. The van der Waals surface area contributed by atoms with Crippen molar-refractivity contribution < 1.29 is 9.90 Å². The topological polar surface area (TPSA) is 40.5 Å². The van der Waals surface area contributed by atoms with E-state index in [0.29, 0.717) is 6.54 Å². The lowest BCUT2D eigenvalue weighted by atomic mass is 10.1. The molecular formula is C18H19NO2S. The summed E-state index contributed by atoms with van der Waals surface area (Å²) in [5, 5.41) is 9.13. The van der Waals surface area contributed by atoms with Crippen LogP contribution < -0.4 is 0 Å². The number of likely N-dealkylation sites (tertiary alicyclic amines) is 1. The number of aliphatic hydroxyl groups excluding tert-OH is 1. The van der Waals surface area contributed by atoms with Crippen molar-refractivity contribution in [1.82, 2.24) is 4.90 Å². The highest BCUT2D eigenvalue weighted by Gasteiger charge is 2.24. The Labute approximate surface area is 134 Å². The highest BCUT2D eigenvalue weighted by Crippen LogP contribution is 2.28. The summed E-state index contributed by atoms with van der Waals surface area (Å²) < 4.78 is 0. The van der Waals surface area contributed by atoms with Crippen LogP contribution in [0.5, 0.6) is 0 Å². The first-order chi connectivity index (χ1) is 10.8. The minimum Gasteiger partial charge on any atom is -0.396 e. The van der Waals surface area contributed by atoms with Crippen molar-refractivity contribution in [2.45, 2.75) is 6.42 Å². The van der Waals surface area contributed by atoms with Gasteiger partial charge < -0.3 is 10.0 Å². The summed E-state index contributed by atoms with van der Waals surface area (Å²) in [6.07, 6.45) is 4.42. The first-order valence-electron chi connectivity index (χ1n) is 7.49. The van der Waals surface area contributed by atoms with Gasteiger partial charge in [0.15, 0.2) is 0 Å². The normalized spacial score (nSPS) is 18.2. The van der Waals surface area contributed by atoms with Crippen LogP contribution in [-0.2, 0) is 4.79 Å². The highest BCUT2D eigenvalue weighted by molar-refractivity contribution is 7.16. The van der Waals surface area contributed by atoms with Gasteiger partial charge >= 0.3 is 0 Å². The molecule has 1 N–H and O–H groups in total. The quantitative estimate of drug-likeness (QED) is 0.880. The van der Waals surface area contributed by atoms with E-state index in [9.17, 15) is 4.79 Å². The van der Waals surface area contributed by atoms with Gasteiger partial charge in [-0.1, -0.05) is 30.3 Å². The predicted octanol–water partition coefficient (Wildman–Crippen LogP) is 3.27. The number of thiophene rings is 1. The molecule has 2 heterocycles. The molecular weight excluding hydrogens is 294 g/mol. The minimum atomic E-state index is 0.0330. The van der Waals surface area contributed by atoms with Gasteiger partial charge in [0, 0.05) is 41.4 Å². The Balaban J connectivity index is 1.64. The number of carbonyl (C=O) groups excluding carboxylic acids is 1. The number of nitrogens with zero attached hydrogens (tertiary/aromatic N) is 1. The number of benzene rings is 1. The Morgan fingerprint density at radius 3 is 2.82 bits per heavy atom.